The van der Waals surface area contributed by atoms with Gasteiger partial charge in [-0.1, -0.05) is 35.7 Å². The van der Waals surface area contributed by atoms with Crippen LogP contribution in [0.2, 0.25) is 5.02 Å². The topological polar surface area (TPSA) is 26.0 Å². The van der Waals surface area contributed by atoms with Gasteiger partial charge in [0.1, 0.15) is 0 Å². The monoisotopic (exact) mass is 173 g/mol. The van der Waals surface area contributed by atoms with E-state index in [1.165, 1.54) is 17.5 Å². The summed E-state index contributed by atoms with van der Waals surface area (Å²) in [5.41, 5.74) is 1.17. The second kappa shape index (κ2) is 3.86. The number of nitrogens with two attached hydrogens (primary N) is 1. The summed E-state index contributed by atoms with van der Waals surface area (Å²) in [4.78, 5) is 0. The van der Waals surface area contributed by atoms with E-state index in [1.54, 1.807) is 0 Å². The van der Waals surface area contributed by atoms with Gasteiger partial charge in [0.15, 0.2) is 0 Å². The molecule has 0 aliphatic heterocycles. The van der Waals surface area contributed by atoms with Gasteiger partial charge in [0.25, 0.3) is 0 Å². The highest BCUT2D eigenvalue weighted by Gasteiger charge is 1.90. The van der Waals surface area contributed by atoms with Crippen molar-refractivity contribution in [3.8, 4) is 0 Å². The Hall–Kier alpha value is -0.180. The molecule has 0 spiro atoms. The zero-order valence-corrected chi connectivity index (χ0v) is 6.95. The van der Waals surface area contributed by atoms with Gasteiger partial charge in [-0.15, -0.1) is 0 Å². The van der Waals surface area contributed by atoms with Gasteiger partial charge in [0.05, 0.1) is 0 Å². The summed E-state index contributed by atoms with van der Waals surface area (Å²) >= 11 is 7.04. The molecule has 0 bridgehead atoms. The number of hydrogen-bond acceptors (Lipinski definition) is 2. The number of hydrogen-bond donors (Lipinski definition) is 1. The van der Waals surface area contributed by atoms with E-state index in [4.69, 9.17) is 16.7 Å². The van der Waals surface area contributed by atoms with Crippen LogP contribution in [0.5, 0.6) is 0 Å². The number of benzene rings is 1. The third kappa shape index (κ3) is 2.21. The molecule has 0 unspecified atom stereocenters. The predicted molar refractivity (Wildman–Crippen MR) is 46.9 cm³/mol. The number of rotatable bonds is 2. The molecule has 10 heavy (non-hydrogen) atoms. The highest BCUT2D eigenvalue weighted by molar-refractivity contribution is 7.96. The van der Waals surface area contributed by atoms with Crippen LogP contribution in [0.4, 0.5) is 0 Å². The molecule has 0 amide bonds. The summed E-state index contributed by atoms with van der Waals surface area (Å²) < 4.78 is 0. The van der Waals surface area contributed by atoms with Crippen LogP contribution >= 0.6 is 23.5 Å². The Morgan fingerprint density at radius 3 is 2.90 bits per heavy atom. The van der Waals surface area contributed by atoms with Crippen LogP contribution in [0.3, 0.4) is 0 Å². The maximum atomic E-state index is 5.73. The smallest absolute Gasteiger partial charge is 0.0409 e. The van der Waals surface area contributed by atoms with Gasteiger partial charge in [-0.25, -0.2) is 0 Å². The molecule has 0 atom stereocenters. The van der Waals surface area contributed by atoms with E-state index >= 15 is 0 Å². The normalized spacial score (nSPS) is 9.80. The Balaban J connectivity index is 2.75. The van der Waals surface area contributed by atoms with Crippen molar-refractivity contribution in [1.82, 2.24) is 0 Å². The van der Waals surface area contributed by atoms with Crippen LogP contribution in [0.1, 0.15) is 5.56 Å². The molecule has 0 saturated heterocycles. The van der Waals surface area contributed by atoms with Crippen molar-refractivity contribution < 1.29 is 0 Å². The summed E-state index contributed by atoms with van der Waals surface area (Å²) in [7, 11) is 0. The second-order valence-corrected chi connectivity index (χ2v) is 3.00. The fourth-order valence-electron chi connectivity index (χ4n) is 0.723. The Kier molecular flexibility index (Phi) is 3.06. The van der Waals surface area contributed by atoms with Crippen LogP contribution in [0.15, 0.2) is 24.3 Å². The lowest BCUT2D eigenvalue weighted by Crippen LogP contribution is -1.83. The van der Waals surface area contributed by atoms with E-state index in [1.807, 2.05) is 24.3 Å². The molecule has 0 aliphatic carbocycles. The fraction of sp³-hybridized carbons (Fsp3) is 0.143. The highest BCUT2D eigenvalue weighted by Crippen LogP contribution is 2.13. The highest BCUT2D eigenvalue weighted by atomic mass is 35.5. The summed E-state index contributed by atoms with van der Waals surface area (Å²) in [5.74, 6) is 0.820. The molecule has 1 rings (SSSR count). The van der Waals surface area contributed by atoms with E-state index in [-0.39, 0.29) is 0 Å². The average molecular weight is 174 g/mol. The zero-order chi connectivity index (χ0) is 7.40. The van der Waals surface area contributed by atoms with Crippen LogP contribution in [0, 0.1) is 0 Å². The lowest BCUT2D eigenvalue weighted by Gasteiger charge is -1.96. The van der Waals surface area contributed by atoms with Crippen molar-refractivity contribution in [3.63, 3.8) is 0 Å². The largest absolute Gasteiger partial charge is 0.278 e. The van der Waals surface area contributed by atoms with Crippen LogP contribution in [0.25, 0.3) is 0 Å². The zero-order valence-electron chi connectivity index (χ0n) is 5.38. The van der Waals surface area contributed by atoms with Gasteiger partial charge in [-0.2, -0.15) is 0 Å². The quantitative estimate of drug-likeness (QED) is 0.696. The van der Waals surface area contributed by atoms with E-state index < -0.39 is 0 Å². The van der Waals surface area contributed by atoms with Crippen LogP contribution in [-0.2, 0) is 5.75 Å². The Labute approximate surface area is 69.7 Å². The Morgan fingerprint density at radius 2 is 2.30 bits per heavy atom. The van der Waals surface area contributed by atoms with Crippen LogP contribution < -0.4 is 5.14 Å². The lowest BCUT2D eigenvalue weighted by molar-refractivity contribution is 1.41. The lowest BCUT2D eigenvalue weighted by atomic mass is 10.2. The standard InChI is InChI=1S/C7H8ClNS/c8-7-3-1-2-6(4-7)5-10-9/h1-4H,5,9H2. The van der Waals surface area contributed by atoms with Crippen LogP contribution in [-0.4, -0.2) is 0 Å². The molecule has 1 nitrogen and oxygen atoms in total. The van der Waals surface area contributed by atoms with E-state index in [0.717, 1.165) is 10.8 Å². The average Bonchev–Trinajstić information content (AvgIpc) is 1.88. The van der Waals surface area contributed by atoms with E-state index in [2.05, 4.69) is 0 Å². The Bertz CT molecular complexity index is 215. The first-order chi connectivity index (χ1) is 4.83. The van der Waals surface area contributed by atoms with E-state index in [9.17, 15) is 0 Å². The summed E-state index contributed by atoms with van der Waals surface area (Å²) in [6.07, 6.45) is 0. The second-order valence-electron chi connectivity index (χ2n) is 1.94. The molecule has 3 heteroatoms. The first-order valence-electron chi connectivity index (χ1n) is 2.89. The first kappa shape index (κ1) is 7.92. The SMILES string of the molecule is NSCc1cccc(Cl)c1. The summed E-state index contributed by atoms with van der Waals surface area (Å²) in [6, 6.07) is 7.70. The van der Waals surface area contributed by atoms with Gasteiger partial charge < -0.3 is 0 Å². The van der Waals surface area contributed by atoms with Gasteiger partial charge in [0.2, 0.25) is 0 Å². The molecular weight excluding hydrogens is 166 g/mol. The summed E-state index contributed by atoms with van der Waals surface area (Å²) in [5, 5.41) is 6.05. The van der Waals surface area contributed by atoms with Crippen molar-refractivity contribution in [1.29, 1.82) is 0 Å². The van der Waals surface area contributed by atoms with Crippen molar-refractivity contribution in [3.05, 3.63) is 34.9 Å². The molecule has 0 saturated carbocycles. The fourth-order valence-corrected chi connectivity index (χ4v) is 1.31. The van der Waals surface area contributed by atoms with Gasteiger partial charge in [-0.3, -0.25) is 5.14 Å². The van der Waals surface area contributed by atoms with Gasteiger partial charge in [-0.05, 0) is 17.7 Å². The molecule has 0 aromatic heterocycles. The third-order valence-electron chi connectivity index (χ3n) is 1.14. The molecule has 0 heterocycles. The third-order valence-corrected chi connectivity index (χ3v) is 1.87. The maximum absolute atomic E-state index is 5.73. The summed E-state index contributed by atoms with van der Waals surface area (Å²) in [6.45, 7) is 0. The molecule has 0 aliphatic rings. The minimum atomic E-state index is 0.770. The van der Waals surface area contributed by atoms with Gasteiger partial charge >= 0.3 is 0 Å². The molecule has 0 radical (unpaired) electrons. The molecule has 2 N–H and O–H groups in total. The predicted octanol–water partition coefficient (Wildman–Crippen LogP) is 2.45. The first-order valence-corrected chi connectivity index (χ1v) is 4.31. The molecule has 1 aromatic rings. The maximum Gasteiger partial charge on any atom is 0.0409 e. The van der Waals surface area contributed by atoms with Gasteiger partial charge in [0, 0.05) is 10.8 Å². The number of halogens is 1. The van der Waals surface area contributed by atoms with E-state index in [0.29, 0.717) is 0 Å². The van der Waals surface area contributed by atoms with Crippen molar-refractivity contribution in [2.75, 3.05) is 0 Å². The van der Waals surface area contributed by atoms with Crippen molar-refractivity contribution in [2.45, 2.75) is 5.75 Å². The molecule has 0 fully saturated rings. The Morgan fingerprint density at radius 1 is 1.50 bits per heavy atom. The molecular formula is C7H8ClNS. The minimum absolute atomic E-state index is 0.770. The molecule has 54 valence electrons. The molecule has 1 aromatic carbocycles. The van der Waals surface area contributed by atoms with Crippen molar-refractivity contribution in [2.24, 2.45) is 5.14 Å². The van der Waals surface area contributed by atoms with Crippen molar-refractivity contribution >= 4 is 23.5 Å². The minimum Gasteiger partial charge on any atom is -0.278 e.